The molecule has 0 aromatic rings. The molecule has 0 aromatic heterocycles. The van der Waals surface area contributed by atoms with Gasteiger partial charge in [0.15, 0.2) is 0 Å². The summed E-state index contributed by atoms with van der Waals surface area (Å²) >= 11 is 0. The van der Waals surface area contributed by atoms with Crippen LogP contribution in [0.25, 0.3) is 0 Å². The fourth-order valence-electron chi connectivity index (χ4n) is 7.36. The molecule has 0 aromatic carbocycles. The van der Waals surface area contributed by atoms with Gasteiger partial charge in [0, 0.05) is 37.9 Å². The summed E-state index contributed by atoms with van der Waals surface area (Å²) in [5.74, 6) is -3.11. The predicted molar refractivity (Wildman–Crippen MR) is 203 cm³/mol. The summed E-state index contributed by atoms with van der Waals surface area (Å²) in [6.07, 6.45) is 9.53. The Bertz CT molecular complexity index is 1340. The molecule has 5 atom stereocenters. The lowest BCUT2D eigenvalue weighted by molar-refractivity contribution is -0.142. The molecule has 1 unspecified atom stereocenters. The van der Waals surface area contributed by atoms with E-state index in [2.05, 4.69) is 35.1 Å². The third-order valence-corrected chi connectivity index (χ3v) is 10.8. The summed E-state index contributed by atoms with van der Waals surface area (Å²) in [7, 11) is 3.43. The first-order chi connectivity index (χ1) is 24.6. The van der Waals surface area contributed by atoms with Crippen LogP contribution in [0.3, 0.4) is 0 Å². The van der Waals surface area contributed by atoms with Crippen molar-refractivity contribution in [2.45, 2.75) is 137 Å². The molecule has 1 aliphatic heterocycles. The first-order valence-electron chi connectivity index (χ1n) is 19.0. The molecular weight excluding hydrogens is 680 g/mol. The van der Waals surface area contributed by atoms with E-state index < -0.39 is 59.5 Å². The van der Waals surface area contributed by atoms with Gasteiger partial charge in [0.05, 0.1) is 12.1 Å². The molecular formula is C39H66N6O8. The normalized spacial score (nSPS) is 19.0. The average molecular weight is 747 g/mol. The number of imide groups is 1. The predicted octanol–water partition coefficient (Wildman–Crippen LogP) is 2.71. The highest BCUT2D eigenvalue weighted by molar-refractivity contribution is 6.12. The first kappa shape index (κ1) is 45.5. The van der Waals surface area contributed by atoms with Gasteiger partial charge in [-0.1, -0.05) is 80.2 Å². The summed E-state index contributed by atoms with van der Waals surface area (Å²) in [5.41, 5.74) is -0.776. The number of aliphatic carboxylic acids is 1. The number of hydrogen-bond donors (Lipinski definition) is 6. The van der Waals surface area contributed by atoms with E-state index in [1.807, 2.05) is 34.6 Å². The van der Waals surface area contributed by atoms with Crippen molar-refractivity contribution in [3.8, 4) is 0 Å². The van der Waals surface area contributed by atoms with Gasteiger partial charge in [0.1, 0.15) is 18.3 Å². The zero-order valence-electron chi connectivity index (χ0n) is 33.6. The zero-order valence-corrected chi connectivity index (χ0v) is 33.6. The van der Waals surface area contributed by atoms with E-state index in [-0.39, 0.29) is 54.7 Å². The smallest absolute Gasteiger partial charge is 0.326 e. The lowest BCUT2D eigenvalue weighted by Gasteiger charge is -2.42. The number of nitrogens with zero attached hydrogens (tertiary/aromatic N) is 2. The number of carboxylic acids is 1. The third kappa shape index (κ3) is 13.0. The molecule has 53 heavy (non-hydrogen) atoms. The van der Waals surface area contributed by atoms with Gasteiger partial charge in [-0.25, -0.2) is 4.79 Å². The topological polar surface area (TPSA) is 197 Å². The van der Waals surface area contributed by atoms with E-state index in [1.54, 1.807) is 32.0 Å². The molecule has 0 spiro atoms. The van der Waals surface area contributed by atoms with Gasteiger partial charge in [-0.05, 0) is 62.3 Å². The van der Waals surface area contributed by atoms with E-state index in [0.717, 1.165) is 42.7 Å². The number of hydrogen-bond acceptors (Lipinski definition) is 9. The molecule has 2 aliphatic rings. The fourth-order valence-corrected chi connectivity index (χ4v) is 7.36. The summed E-state index contributed by atoms with van der Waals surface area (Å²) in [5, 5.41) is 31.7. The van der Waals surface area contributed by atoms with Crippen molar-refractivity contribution in [1.82, 2.24) is 31.1 Å². The number of likely N-dealkylation sites (N-methyl/N-ethyl adjacent to an activating group) is 2. The number of carbonyl (C=O) groups is 6. The molecule has 14 nitrogen and oxygen atoms in total. The van der Waals surface area contributed by atoms with Gasteiger partial charge >= 0.3 is 5.97 Å². The summed E-state index contributed by atoms with van der Waals surface area (Å²) in [6.45, 7) is 15.5. The number of carbonyl (C=O) groups excluding carboxylic acids is 5. The largest absolute Gasteiger partial charge is 0.480 e. The van der Waals surface area contributed by atoms with E-state index >= 15 is 0 Å². The number of amides is 5. The molecule has 14 heteroatoms. The Morgan fingerprint density at radius 1 is 0.943 bits per heavy atom. The molecule has 1 fully saturated rings. The number of aliphatic hydroxyl groups excluding tert-OH is 1. The minimum absolute atomic E-state index is 0.0296. The van der Waals surface area contributed by atoms with Crippen molar-refractivity contribution in [1.29, 1.82) is 0 Å². The summed E-state index contributed by atoms with van der Waals surface area (Å²) < 4.78 is 0. The lowest BCUT2D eigenvalue weighted by Crippen LogP contribution is -2.61. The maximum atomic E-state index is 14.2. The number of aliphatic hydroxyl groups is 1. The van der Waals surface area contributed by atoms with Gasteiger partial charge in [-0.3, -0.25) is 34.2 Å². The van der Waals surface area contributed by atoms with Crippen LogP contribution in [-0.4, -0.2) is 113 Å². The number of nitrogens with one attached hydrogen (secondary N) is 4. The second-order valence-electron chi connectivity index (χ2n) is 16.6. The van der Waals surface area contributed by atoms with Crippen molar-refractivity contribution < 1.29 is 39.0 Å². The molecule has 0 saturated heterocycles. The Morgan fingerprint density at radius 3 is 2.00 bits per heavy atom. The van der Waals surface area contributed by atoms with Crippen molar-refractivity contribution >= 4 is 35.5 Å². The highest BCUT2D eigenvalue weighted by atomic mass is 16.4. The Balaban J connectivity index is 2.12. The van der Waals surface area contributed by atoms with Crippen LogP contribution < -0.4 is 21.3 Å². The minimum Gasteiger partial charge on any atom is -0.480 e. The second kappa shape index (κ2) is 20.2. The SMILES string of the molecule is CN[C@H](C(=O)N[C@H](C(=O)N(C)C(/C=C(\C)C(=O)N[C@H](CC[C@H](O)NCCN1C(=O)C=CC1=O)C(=O)O)C(C)C)C(C)(C)C)C(C)(C)C1CCCCCC1. The van der Waals surface area contributed by atoms with Crippen molar-refractivity contribution in [3.63, 3.8) is 0 Å². The molecule has 1 aliphatic carbocycles. The molecule has 6 N–H and O–H groups in total. The third-order valence-electron chi connectivity index (χ3n) is 10.8. The second-order valence-corrected chi connectivity index (χ2v) is 16.6. The molecule has 2 rings (SSSR count). The average Bonchev–Trinajstić information content (AvgIpc) is 3.23. The van der Waals surface area contributed by atoms with Crippen LogP contribution in [0.4, 0.5) is 0 Å². The Kier molecular flexibility index (Phi) is 17.3. The maximum Gasteiger partial charge on any atom is 0.326 e. The molecule has 300 valence electrons. The molecule has 0 bridgehead atoms. The van der Waals surface area contributed by atoms with E-state index in [1.165, 1.54) is 12.8 Å². The van der Waals surface area contributed by atoms with Crippen LogP contribution in [0.1, 0.15) is 107 Å². The first-order valence-corrected chi connectivity index (χ1v) is 19.0. The van der Waals surface area contributed by atoms with Gasteiger partial charge in [0.2, 0.25) is 17.7 Å². The van der Waals surface area contributed by atoms with Crippen LogP contribution in [0.2, 0.25) is 0 Å². The fraction of sp³-hybridized carbons (Fsp3) is 0.744. The van der Waals surface area contributed by atoms with Gasteiger partial charge in [-0.15, -0.1) is 0 Å². The van der Waals surface area contributed by atoms with Gasteiger partial charge in [-0.2, -0.15) is 0 Å². The molecule has 1 saturated carbocycles. The van der Waals surface area contributed by atoms with Crippen LogP contribution >= 0.6 is 0 Å². The minimum atomic E-state index is -1.31. The lowest BCUT2D eigenvalue weighted by atomic mass is 9.69. The summed E-state index contributed by atoms with van der Waals surface area (Å²) in [6, 6.07) is -3.25. The van der Waals surface area contributed by atoms with E-state index in [4.69, 9.17) is 0 Å². The summed E-state index contributed by atoms with van der Waals surface area (Å²) in [4.78, 5) is 79.5. The van der Waals surface area contributed by atoms with Crippen molar-refractivity contribution in [2.75, 3.05) is 27.2 Å². The zero-order chi connectivity index (χ0) is 40.3. The van der Waals surface area contributed by atoms with Crippen molar-refractivity contribution in [3.05, 3.63) is 23.8 Å². The molecule has 0 radical (unpaired) electrons. The monoisotopic (exact) mass is 746 g/mol. The Labute approximate surface area is 315 Å². The van der Waals surface area contributed by atoms with E-state index in [0.29, 0.717) is 5.92 Å². The molecule has 1 heterocycles. The van der Waals surface area contributed by atoms with E-state index in [9.17, 15) is 39.0 Å². The van der Waals surface area contributed by atoms with Gasteiger partial charge < -0.3 is 31.1 Å². The highest BCUT2D eigenvalue weighted by Crippen LogP contribution is 2.40. The highest BCUT2D eigenvalue weighted by Gasteiger charge is 2.44. The van der Waals surface area contributed by atoms with Crippen LogP contribution in [0.15, 0.2) is 23.8 Å². The Hall–Kier alpha value is -3.62. The molecule has 5 amide bonds. The standard InChI is InChI=1S/C39H66N6O8/c1-24(2)28(23-25(3)34(49)42-27(37(52)53)17-18-29(46)41-21-22-45-30(47)19-20-31(45)48)44(10)36(51)33(38(4,5)6)43-35(50)32(40-9)39(7,8)26-15-13-11-12-14-16-26/h19-20,23-24,26-29,32-33,40-41,46H,11-18,21-22H2,1-10H3,(H,42,49)(H,43,50)(H,52,53)/b25-23+/t27-,28?,29+,32-,33-/m1/s1. The van der Waals surface area contributed by atoms with Crippen LogP contribution in [-0.2, 0) is 28.8 Å². The van der Waals surface area contributed by atoms with Crippen molar-refractivity contribution in [2.24, 2.45) is 22.7 Å². The van der Waals surface area contributed by atoms with Crippen LogP contribution in [0, 0.1) is 22.7 Å². The van der Waals surface area contributed by atoms with Crippen LogP contribution in [0.5, 0.6) is 0 Å². The number of rotatable bonds is 19. The van der Waals surface area contributed by atoms with Gasteiger partial charge in [0.25, 0.3) is 11.8 Å². The Morgan fingerprint density at radius 2 is 1.51 bits per heavy atom. The number of carboxylic acid groups (broad SMARTS) is 1. The maximum absolute atomic E-state index is 14.2. The quantitative estimate of drug-likeness (QED) is 0.0495.